The molecule has 3 rings (SSSR count). The Morgan fingerprint density at radius 1 is 1.26 bits per heavy atom. The van der Waals surface area contributed by atoms with Gasteiger partial charge in [-0.1, -0.05) is 25.1 Å². The number of carbonyl (C=O) groups excluding carboxylic acids is 1. The summed E-state index contributed by atoms with van der Waals surface area (Å²) in [6.45, 7) is 4.10. The van der Waals surface area contributed by atoms with Crippen molar-refractivity contribution in [1.29, 1.82) is 0 Å². The van der Waals surface area contributed by atoms with Crippen LogP contribution in [-0.4, -0.2) is 24.0 Å². The lowest BCUT2D eigenvalue weighted by molar-refractivity contribution is -0.118. The molecule has 0 radical (unpaired) electrons. The highest BCUT2D eigenvalue weighted by atomic mass is 16.2. The molecule has 1 aromatic rings. The van der Waals surface area contributed by atoms with Crippen molar-refractivity contribution in [1.82, 2.24) is 5.32 Å². The van der Waals surface area contributed by atoms with Gasteiger partial charge in [0.05, 0.1) is 0 Å². The molecule has 0 bridgehead atoms. The van der Waals surface area contributed by atoms with Crippen LogP contribution in [0.2, 0.25) is 0 Å². The number of fused-ring (bicyclic) bond motifs is 1. The van der Waals surface area contributed by atoms with Gasteiger partial charge in [0.1, 0.15) is 0 Å². The average Bonchev–Trinajstić information content (AvgIpc) is 2.56. The number of nitrogens with zero attached hydrogens (tertiary/aromatic N) is 1. The van der Waals surface area contributed by atoms with Gasteiger partial charge in [-0.25, -0.2) is 0 Å². The summed E-state index contributed by atoms with van der Waals surface area (Å²) in [4.78, 5) is 14.4. The van der Waals surface area contributed by atoms with Crippen LogP contribution in [0.15, 0.2) is 24.3 Å². The summed E-state index contributed by atoms with van der Waals surface area (Å²) in [5.74, 6) is 0.215. The number of benzene rings is 1. The minimum Gasteiger partial charge on any atom is -0.328 e. The molecule has 23 heavy (non-hydrogen) atoms. The Morgan fingerprint density at radius 2 is 1.96 bits per heavy atom. The summed E-state index contributed by atoms with van der Waals surface area (Å²) in [5, 5.41) is 3.85. The molecule has 4 nitrogen and oxygen atoms in total. The zero-order valence-electron chi connectivity index (χ0n) is 14.3. The summed E-state index contributed by atoms with van der Waals surface area (Å²) < 4.78 is 0. The predicted octanol–water partition coefficient (Wildman–Crippen LogP) is 3.12. The van der Waals surface area contributed by atoms with Crippen LogP contribution in [0, 0.1) is 0 Å². The third-order valence-electron chi connectivity index (χ3n) is 5.37. The van der Waals surface area contributed by atoms with Crippen molar-refractivity contribution in [2.75, 3.05) is 4.90 Å². The largest absolute Gasteiger partial charge is 0.328 e. The monoisotopic (exact) mass is 315 g/mol. The van der Waals surface area contributed by atoms with Crippen molar-refractivity contribution in [3.63, 3.8) is 0 Å². The van der Waals surface area contributed by atoms with E-state index in [9.17, 15) is 4.79 Å². The van der Waals surface area contributed by atoms with E-state index in [0.717, 1.165) is 37.8 Å². The maximum Gasteiger partial charge on any atom is 0.226 e. The van der Waals surface area contributed by atoms with Gasteiger partial charge in [-0.15, -0.1) is 0 Å². The van der Waals surface area contributed by atoms with E-state index in [1.807, 2.05) is 17.9 Å². The number of rotatable bonds is 3. The Hall–Kier alpha value is -1.39. The molecule has 1 fully saturated rings. The van der Waals surface area contributed by atoms with Crippen LogP contribution in [0.3, 0.4) is 0 Å². The molecule has 1 amide bonds. The number of para-hydroxylation sites is 1. The van der Waals surface area contributed by atoms with E-state index < -0.39 is 0 Å². The molecule has 1 heterocycles. The summed E-state index contributed by atoms with van der Waals surface area (Å²) in [6, 6.07) is 9.87. The van der Waals surface area contributed by atoms with Gasteiger partial charge in [-0.2, -0.15) is 0 Å². The van der Waals surface area contributed by atoms with Gasteiger partial charge >= 0.3 is 0 Å². The fourth-order valence-electron chi connectivity index (χ4n) is 4.09. The van der Waals surface area contributed by atoms with Gasteiger partial charge in [0.15, 0.2) is 0 Å². The van der Waals surface area contributed by atoms with Crippen LogP contribution < -0.4 is 16.0 Å². The van der Waals surface area contributed by atoms with Crippen molar-refractivity contribution in [2.24, 2.45) is 5.73 Å². The lowest BCUT2D eigenvalue weighted by Gasteiger charge is -2.41. The van der Waals surface area contributed by atoms with Crippen LogP contribution >= 0.6 is 0 Å². The molecule has 2 atom stereocenters. The van der Waals surface area contributed by atoms with E-state index in [2.05, 4.69) is 30.4 Å². The van der Waals surface area contributed by atoms with Crippen molar-refractivity contribution in [2.45, 2.75) is 76.5 Å². The average molecular weight is 315 g/mol. The van der Waals surface area contributed by atoms with Crippen LogP contribution in [0.5, 0.6) is 0 Å². The molecule has 126 valence electrons. The van der Waals surface area contributed by atoms with Gasteiger partial charge < -0.3 is 16.0 Å². The van der Waals surface area contributed by atoms with E-state index >= 15 is 0 Å². The Labute approximate surface area is 139 Å². The zero-order valence-corrected chi connectivity index (χ0v) is 14.3. The second-order valence-electron chi connectivity index (χ2n) is 7.09. The second-order valence-corrected chi connectivity index (χ2v) is 7.09. The molecule has 1 aromatic carbocycles. The molecular weight excluding hydrogens is 286 g/mol. The minimum atomic E-state index is 0.215. The number of amides is 1. The second kappa shape index (κ2) is 7.02. The zero-order chi connectivity index (χ0) is 16.4. The van der Waals surface area contributed by atoms with Crippen LogP contribution in [0.25, 0.3) is 0 Å². The molecule has 1 aliphatic carbocycles. The lowest BCUT2D eigenvalue weighted by atomic mass is 9.87. The van der Waals surface area contributed by atoms with E-state index in [4.69, 9.17) is 5.73 Å². The van der Waals surface area contributed by atoms with E-state index in [-0.39, 0.29) is 11.9 Å². The molecule has 0 aromatic heterocycles. The van der Waals surface area contributed by atoms with E-state index in [0.29, 0.717) is 24.5 Å². The fraction of sp³-hybridized carbons (Fsp3) is 0.632. The van der Waals surface area contributed by atoms with Gasteiger partial charge in [-0.05, 0) is 50.7 Å². The predicted molar refractivity (Wildman–Crippen MR) is 94.4 cm³/mol. The Balaban J connectivity index is 1.81. The number of nitrogens with two attached hydrogens (primary N) is 1. The highest BCUT2D eigenvalue weighted by Crippen LogP contribution is 2.38. The third kappa shape index (κ3) is 3.43. The maximum atomic E-state index is 12.4. The number of nitrogens with one attached hydrogen (secondary N) is 1. The molecular formula is C19H29N3O. The first-order valence-electron chi connectivity index (χ1n) is 9.02. The molecule has 4 heteroatoms. The smallest absolute Gasteiger partial charge is 0.226 e. The molecule has 0 saturated heterocycles. The molecule has 1 unspecified atom stereocenters. The SMILES string of the molecule is CCC(=O)N1c2ccccc2[C@H](NC2CCC(N)CC2)CC1C. The molecule has 1 saturated carbocycles. The first kappa shape index (κ1) is 16.5. The molecule has 0 spiro atoms. The third-order valence-corrected chi connectivity index (χ3v) is 5.37. The fourth-order valence-corrected chi connectivity index (χ4v) is 4.09. The quantitative estimate of drug-likeness (QED) is 0.901. The number of hydrogen-bond acceptors (Lipinski definition) is 3. The normalized spacial score (nSPS) is 30.8. The van der Waals surface area contributed by atoms with Crippen LogP contribution in [-0.2, 0) is 4.79 Å². The van der Waals surface area contributed by atoms with Gasteiger partial charge in [0.2, 0.25) is 5.91 Å². The Morgan fingerprint density at radius 3 is 2.65 bits per heavy atom. The minimum absolute atomic E-state index is 0.215. The number of carbonyl (C=O) groups is 1. The highest BCUT2D eigenvalue weighted by Gasteiger charge is 2.34. The summed E-state index contributed by atoms with van der Waals surface area (Å²) >= 11 is 0. The summed E-state index contributed by atoms with van der Waals surface area (Å²) in [6.07, 6.45) is 6.07. The maximum absolute atomic E-state index is 12.4. The van der Waals surface area contributed by atoms with E-state index in [1.54, 1.807) is 0 Å². The standard InChI is InChI=1S/C19H29N3O/c1-3-19(23)22-13(2)12-17(16-6-4-5-7-18(16)22)21-15-10-8-14(20)9-11-15/h4-7,13-15,17,21H,3,8-12,20H2,1-2H3/t13?,14?,15?,17-/m1/s1. The number of hydrogen-bond donors (Lipinski definition) is 2. The summed E-state index contributed by atoms with van der Waals surface area (Å²) in [7, 11) is 0. The molecule has 3 N–H and O–H groups in total. The molecule has 1 aliphatic heterocycles. The Kier molecular flexibility index (Phi) is 5.02. The molecule has 2 aliphatic rings. The van der Waals surface area contributed by atoms with Gasteiger partial charge in [0.25, 0.3) is 0 Å². The first-order chi connectivity index (χ1) is 11.1. The van der Waals surface area contributed by atoms with Crippen LogP contribution in [0.1, 0.15) is 64.0 Å². The van der Waals surface area contributed by atoms with Gasteiger partial charge in [-0.3, -0.25) is 4.79 Å². The van der Waals surface area contributed by atoms with Gasteiger partial charge in [0, 0.05) is 36.3 Å². The van der Waals surface area contributed by atoms with Crippen LogP contribution in [0.4, 0.5) is 5.69 Å². The van der Waals surface area contributed by atoms with Crippen molar-refractivity contribution in [3.8, 4) is 0 Å². The Bertz CT molecular complexity index is 551. The highest BCUT2D eigenvalue weighted by molar-refractivity contribution is 5.95. The lowest BCUT2D eigenvalue weighted by Crippen LogP contribution is -2.47. The number of anilines is 1. The topological polar surface area (TPSA) is 58.4 Å². The van der Waals surface area contributed by atoms with E-state index in [1.165, 1.54) is 5.56 Å². The van der Waals surface area contributed by atoms with Crippen molar-refractivity contribution < 1.29 is 4.79 Å². The van der Waals surface area contributed by atoms with Crippen molar-refractivity contribution in [3.05, 3.63) is 29.8 Å². The first-order valence-corrected chi connectivity index (χ1v) is 9.02. The summed E-state index contributed by atoms with van der Waals surface area (Å²) in [5.41, 5.74) is 8.38. The van der Waals surface area contributed by atoms with Crippen molar-refractivity contribution >= 4 is 11.6 Å².